The fraction of sp³-hybridized carbons (Fsp3) is 0.312. The molecule has 1 heterocycles. The van der Waals surface area contributed by atoms with Crippen molar-refractivity contribution < 1.29 is 31.4 Å². The summed E-state index contributed by atoms with van der Waals surface area (Å²) in [5.41, 5.74) is -2.39. The molecule has 0 saturated heterocycles. The third-order valence-electron chi connectivity index (χ3n) is 3.61. The van der Waals surface area contributed by atoms with Crippen molar-refractivity contribution in [1.82, 2.24) is 9.78 Å². The maximum atomic E-state index is 14.1. The normalized spacial score (nSPS) is 13.0. The van der Waals surface area contributed by atoms with Crippen molar-refractivity contribution in [2.24, 2.45) is 0 Å². The van der Waals surface area contributed by atoms with E-state index < -0.39 is 64.5 Å². The molecule has 0 aliphatic rings. The van der Waals surface area contributed by atoms with Gasteiger partial charge in [-0.3, -0.25) is 9.63 Å². The lowest BCUT2D eigenvalue weighted by molar-refractivity contribution is -0.137. The molecule has 1 atom stereocenters. The number of nitriles is 1. The summed E-state index contributed by atoms with van der Waals surface area (Å²) in [4.78, 5) is 16.6. The minimum absolute atomic E-state index is 0.157. The van der Waals surface area contributed by atoms with Crippen molar-refractivity contribution in [3.8, 4) is 11.8 Å². The van der Waals surface area contributed by atoms with Crippen molar-refractivity contribution in [1.29, 1.82) is 5.26 Å². The molecule has 0 spiro atoms. The van der Waals surface area contributed by atoms with Gasteiger partial charge in [0.05, 0.1) is 22.2 Å². The van der Waals surface area contributed by atoms with E-state index in [2.05, 4.69) is 5.10 Å². The molecule has 0 saturated carbocycles. The first-order valence-corrected chi connectivity index (χ1v) is 10.8. The average Bonchev–Trinajstić information content (AvgIpc) is 3.01. The number of anilines is 1. The number of carbonyl (C=O) groups excluding carboxylic acids is 1. The number of hydroxylamine groups is 1. The second kappa shape index (κ2) is 9.70. The molecule has 1 aromatic heterocycles. The van der Waals surface area contributed by atoms with Gasteiger partial charge in [0.2, 0.25) is 5.91 Å². The Morgan fingerprint density at radius 1 is 1.28 bits per heavy atom. The number of hydrogen-bond donors (Lipinski definition) is 0. The molecule has 0 aliphatic carbocycles. The average molecular weight is 556 g/mol. The van der Waals surface area contributed by atoms with Crippen LogP contribution >= 0.6 is 46.4 Å². The lowest BCUT2D eigenvalue weighted by Gasteiger charge is -2.23. The summed E-state index contributed by atoms with van der Waals surface area (Å²) in [6.07, 6.45) is -4.80. The maximum absolute atomic E-state index is 14.1. The number of rotatable bonds is 6. The number of carbonyl (C=O) groups is 1. The SMILES string of the molecule is CCON(C(C)=O)c1c(S(=O)C(F)(Cl)Cl)c(C#N)nn1-c1c(Cl)cc(C(F)(F)F)cc1Cl. The van der Waals surface area contributed by atoms with E-state index in [0.29, 0.717) is 21.9 Å². The van der Waals surface area contributed by atoms with Crippen molar-refractivity contribution in [3.05, 3.63) is 33.4 Å². The summed E-state index contributed by atoms with van der Waals surface area (Å²) in [5, 5.41) is 12.5. The van der Waals surface area contributed by atoms with E-state index in [0.717, 1.165) is 6.92 Å². The van der Waals surface area contributed by atoms with Gasteiger partial charge in [-0.15, -0.1) is 0 Å². The molecule has 7 nitrogen and oxygen atoms in total. The molecule has 16 heteroatoms. The maximum Gasteiger partial charge on any atom is 0.416 e. The molecular formula is C16H10Cl4F4N4O3S. The smallest absolute Gasteiger partial charge is 0.272 e. The van der Waals surface area contributed by atoms with Crippen molar-refractivity contribution in [3.63, 3.8) is 0 Å². The fourth-order valence-electron chi connectivity index (χ4n) is 2.45. The van der Waals surface area contributed by atoms with Gasteiger partial charge in [-0.2, -0.15) is 33.0 Å². The number of alkyl halides is 6. The van der Waals surface area contributed by atoms with Crippen molar-refractivity contribution >= 4 is 68.9 Å². The minimum Gasteiger partial charge on any atom is -0.272 e. The quantitative estimate of drug-likeness (QED) is 0.265. The van der Waals surface area contributed by atoms with Gasteiger partial charge in [-0.1, -0.05) is 46.4 Å². The van der Waals surface area contributed by atoms with E-state index in [1.54, 1.807) is 0 Å². The topological polar surface area (TPSA) is 88.2 Å². The second-order valence-electron chi connectivity index (χ2n) is 5.76. The first-order valence-electron chi connectivity index (χ1n) is 8.17. The van der Waals surface area contributed by atoms with Gasteiger partial charge in [-0.05, 0) is 19.1 Å². The number of hydrogen-bond acceptors (Lipinski definition) is 5. The van der Waals surface area contributed by atoms with Gasteiger partial charge in [-0.25, -0.2) is 8.89 Å². The van der Waals surface area contributed by atoms with Crippen LogP contribution in [0.15, 0.2) is 17.0 Å². The van der Waals surface area contributed by atoms with Gasteiger partial charge in [0, 0.05) is 6.92 Å². The highest BCUT2D eigenvalue weighted by molar-refractivity contribution is 7.89. The fourth-order valence-corrected chi connectivity index (χ4v) is 4.39. The van der Waals surface area contributed by atoms with Gasteiger partial charge in [0.15, 0.2) is 11.5 Å². The number of nitrogens with zero attached hydrogens (tertiary/aromatic N) is 4. The lowest BCUT2D eigenvalue weighted by atomic mass is 10.2. The zero-order chi connectivity index (χ0) is 24.6. The molecular weight excluding hydrogens is 546 g/mol. The molecule has 0 N–H and O–H groups in total. The molecule has 1 aromatic carbocycles. The molecule has 174 valence electrons. The standard InChI is InChI=1S/C16H10Cl4F4N4O3S/c1-3-31-28(7(2)29)14-13(32(30)16(19,20)24)11(6-25)26-27(14)12-9(17)4-8(5-10(12)18)15(21,22)23/h4-5H,3H2,1-2H3. The van der Waals surface area contributed by atoms with E-state index in [-0.39, 0.29) is 6.61 Å². The van der Waals surface area contributed by atoms with E-state index in [1.807, 2.05) is 0 Å². The third-order valence-corrected chi connectivity index (χ3v) is 6.20. The molecule has 0 aliphatic heterocycles. The summed E-state index contributed by atoms with van der Waals surface area (Å²) < 4.78 is 63.2. The van der Waals surface area contributed by atoms with Crippen LogP contribution in [0.1, 0.15) is 25.1 Å². The Morgan fingerprint density at radius 2 is 1.81 bits per heavy atom. The van der Waals surface area contributed by atoms with Gasteiger partial charge in [0.1, 0.15) is 27.5 Å². The molecule has 0 fully saturated rings. The second-order valence-corrected chi connectivity index (χ2v) is 9.76. The summed E-state index contributed by atoms with van der Waals surface area (Å²) in [7, 11) is -3.03. The Kier molecular flexibility index (Phi) is 8.08. The predicted octanol–water partition coefficient (Wildman–Crippen LogP) is 5.54. The van der Waals surface area contributed by atoms with E-state index in [1.165, 1.54) is 13.0 Å². The first kappa shape index (κ1) is 26.6. The van der Waals surface area contributed by atoms with E-state index >= 15 is 0 Å². The number of benzene rings is 1. The molecule has 2 rings (SSSR count). The molecule has 0 bridgehead atoms. The van der Waals surface area contributed by atoms with Gasteiger partial charge in [0.25, 0.3) is 0 Å². The summed E-state index contributed by atoms with van der Waals surface area (Å²) in [5.74, 6) is -1.52. The monoisotopic (exact) mass is 554 g/mol. The molecule has 0 radical (unpaired) electrons. The molecule has 1 unspecified atom stereocenters. The summed E-state index contributed by atoms with van der Waals surface area (Å²) in [6, 6.07) is 2.55. The van der Waals surface area contributed by atoms with Crippen LogP contribution < -0.4 is 5.06 Å². The van der Waals surface area contributed by atoms with Crippen molar-refractivity contribution in [2.75, 3.05) is 11.7 Å². The van der Waals surface area contributed by atoms with Crippen LogP contribution in [-0.2, 0) is 26.6 Å². The summed E-state index contributed by atoms with van der Waals surface area (Å²) >= 11 is 22.6. The Hall–Kier alpha value is -1.62. The van der Waals surface area contributed by atoms with E-state index in [9.17, 15) is 31.8 Å². The zero-order valence-electron chi connectivity index (χ0n) is 15.8. The van der Waals surface area contributed by atoms with E-state index in [4.69, 9.17) is 51.2 Å². The van der Waals surface area contributed by atoms with Crippen LogP contribution in [0, 0.1) is 11.3 Å². The lowest BCUT2D eigenvalue weighted by Crippen LogP contribution is -2.32. The Bertz CT molecular complexity index is 1110. The number of halogens is 8. The largest absolute Gasteiger partial charge is 0.416 e. The highest BCUT2D eigenvalue weighted by Crippen LogP contribution is 2.43. The Balaban J connectivity index is 3.00. The van der Waals surface area contributed by atoms with Gasteiger partial charge >= 0.3 is 10.1 Å². The Morgan fingerprint density at radius 3 is 2.19 bits per heavy atom. The summed E-state index contributed by atoms with van der Waals surface area (Å²) in [6.45, 7) is 2.29. The number of amides is 1. The first-order chi connectivity index (χ1) is 14.6. The zero-order valence-corrected chi connectivity index (χ0v) is 19.6. The minimum atomic E-state index is -4.80. The number of aromatic nitrogens is 2. The van der Waals surface area contributed by atoms with Crippen LogP contribution in [-0.4, -0.2) is 30.4 Å². The third kappa shape index (κ3) is 5.30. The van der Waals surface area contributed by atoms with Crippen LogP contribution in [0.5, 0.6) is 0 Å². The molecule has 2 aromatic rings. The van der Waals surface area contributed by atoms with Crippen LogP contribution in [0.25, 0.3) is 5.69 Å². The highest BCUT2D eigenvalue weighted by Gasteiger charge is 2.42. The predicted molar refractivity (Wildman–Crippen MR) is 110 cm³/mol. The Labute approximate surface area is 200 Å². The van der Waals surface area contributed by atoms with Crippen LogP contribution in [0.3, 0.4) is 0 Å². The molecule has 1 amide bonds. The van der Waals surface area contributed by atoms with Crippen LogP contribution in [0.4, 0.5) is 23.4 Å². The van der Waals surface area contributed by atoms with Crippen molar-refractivity contribution in [2.45, 2.75) is 28.8 Å². The highest BCUT2D eigenvalue weighted by atomic mass is 35.5. The molecule has 32 heavy (non-hydrogen) atoms. The van der Waals surface area contributed by atoms with Gasteiger partial charge < -0.3 is 0 Å². The van der Waals surface area contributed by atoms with Crippen LogP contribution in [0.2, 0.25) is 10.0 Å².